The van der Waals surface area contributed by atoms with Gasteiger partial charge in [0.15, 0.2) is 5.76 Å². The molecule has 3 rings (SSSR count). The van der Waals surface area contributed by atoms with E-state index in [1.165, 1.54) is 0 Å². The summed E-state index contributed by atoms with van der Waals surface area (Å²) in [6.07, 6.45) is 3.10. The molecule has 1 heterocycles. The molecule has 3 nitrogen and oxygen atoms in total. The van der Waals surface area contributed by atoms with E-state index in [-0.39, 0.29) is 11.7 Å². The zero-order valence-corrected chi connectivity index (χ0v) is 10.3. The quantitative estimate of drug-likeness (QED) is 0.843. The number of hydrogen-bond acceptors (Lipinski definition) is 3. The highest BCUT2D eigenvalue weighted by molar-refractivity contribution is 5.99. The molecule has 1 aliphatic carbocycles. The lowest BCUT2D eigenvalue weighted by Crippen LogP contribution is -2.24. The number of ketones is 1. The molecule has 1 fully saturated rings. The highest BCUT2D eigenvalue weighted by Crippen LogP contribution is 2.34. The highest BCUT2D eigenvalue weighted by atomic mass is 16.3. The molecule has 18 heavy (non-hydrogen) atoms. The normalized spacial score (nSPS) is 23.6. The molecule has 1 aromatic heterocycles. The van der Waals surface area contributed by atoms with E-state index in [0.717, 1.165) is 30.2 Å². The molecular formula is C15H17NO2. The summed E-state index contributed by atoms with van der Waals surface area (Å²) in [4.78, 5) is 12.4. The van der Waals surface area contributed by atoms with Gasteiger partial charge in [-0.25, -0.2) is 0 Å². The molecule has 1 aromatic carbocycles. The van der Waals surface area contributed by atoms with Crippen LogP contribution in [-0.4, -0.2) is 12.3 Å². The lowest BCUT2D eigenvalue weighted by Gasteiger charge is -2.14. The third-order valence-corrected chi connectivity index (χ3v) is 3.97. The molecule has 0 aliphatic heterocycles. The summed E-state index contributed by atoms with van der Waals surface area (Å²) in [5.41, 5.74) is 6.51. The van der Waals surface area contributed by atoms with Crippen molar-refractivity contribution in [3.63, 3.8) is 0 Å². The summed E-state index contributed by atoms with van der Waals surface area (Å²) in [6.45, 7) is 0.594. The van der Waals surface area contributed by atoms with Gasteiger partial charge in [-0.15, -0.1) is 0 Å². The number of nitrogens with two attached hydrogens (primary N) is 1. The molecule has 0 radical (unpaired) electrons. The van der Waals surface area contributed by atoms with Crippen LogP contribution in [0.25, 0.3) is 11.0 Å². The van der Waals surface area contributed by atoms with Crippen molar-refractivity contribution in [3.05, 3.63) is 36.1 Å². The molecule has 1 saturated carbocycles. The van der Waals surface area contributed by atoms with E-state index >= 15 is 0 Å². The predicted molar refractivity (Wildman–Crippen MR) is 70.4 cm³/mol. The van der Waals surface area contributed by atoms with Gasteiger partial charge in [0.1, 0.15) is 5.58 Å². The van der Waals surface area contributed by atoms with Crippen molar-refractivity contribution in [3.8, 4) is 0 Å². The fourth-order valence-corrected chi connectivity index (χ4v) is 2.95. The first-order valence-corrected chi connectivity index (χ1v) is 6.52. The Morgan fingerprint density at radius 2 is 2.17 bits per heavy atom. The largest absolute Gasteiger partial charge is 0.453 e. The summed E-state index contributed by atoms with van der Waals surface area (Å²) in [6, 6.07) is 9.57. The van der Waals surface area contributed by atoms with Crippen molar-refractivity contribution >= 4 is 16.8 Å². The SMILES string of the molecule is NCC1CCCC1C(=O)c1cc2ccccc2o1. The third-order valence-electron chi connectivity index (χ3n) is 3.97. The monoisotopic (exact) mass is 243 g/mol. The minimum absolute atomic E-state index is 0.0514. The Hall–Kier alpha value is -1.61. The number of carbonyl (C=O) groups is 1. The number of para-hydroxylation sites is 1. The molecule has 2 N–H and O–H groups in total. The van der Waals surface area contributed by atoms with Crippen molar-refractivity contribution in [2.45, 2.75) is 19.3 Å². The zero-order valence-electron chi connectivity index (χ0n) is 10.3. The van der Waals surface area contributed by atoms with Gasteiger partial charge in [-0.05, 0) is 37.4 Å². The molecule has 0 spiro atoms. The average Bonchev–Trinajstić information content (AvgIpc) is 3.03. The Morgan fingerprint density at radius 3 is 2.94 bits per heavy atom. The predicted octanol–water partition coefficient (Wildman–Crippen LogP) is 2.99. The molecule has 94 valence electrons. The average molecular weight is 243 g/mol. The van der Waals surface area contributed by atoms with Gasteiger partial charge in [-0.1, -0.05) is 24.6 Å². The van der Waals surface area contributed by atoms with Crippen molar-refractivity contribution in [2.75, 3.05) is 6.54 Å². The Bertz CT molecular complexity index is 540. The van der Waals surface area contributed by atoms with E-state index in [4.69, 9.17) is 10.2 Å². The maximum absolute atomic E-state index is 12.4. The number of fused-ring (bicyclic) bond motifs is 1. The van der Waals surface area contributed by atoms with Crippen LogP contribution >= 0.6 is 0 Å². The standard InChI is InChI=1S/C15H17NO2/c16-9-11-5-3-6-12(11)15(17)14-8-10-4-1-2-7-13(10)18-14/h1-2,4,7-8,11-12H,3,5-6,9,16H2. The molecule has 0 saturated heterocycles. The Kier molecular flexibility index (Phi) is 2.92. The minimum atomic E-state index is 0.0514. The van der Waals surface area contributed by atoms with E-state index in [9.17, 15) is 4.79 Å². The van der Waals surface area contributed by atoms with Crippen molar-refractivity contribution in [2.24, 2.45) is 17.6 Å². The van der Waals surface area contributed by atoms with Gasteiger partial charge in [0.25, 0.3) is 0 Å². The van der Waals surface area contributed by atoms with Gasteiger partial charge in [0.05, 0.1) is 0 Å². The molecule has 0 bridgehead atoms. The molecule has 2 unspecified atom stereocenters. The second-order valence-corrected chi connectivity index (χ2v) is 5.05. The molecule has 1 aliphatic rings. The van der Waals surface area contributed by atoms with Gasteiger partial charge >= 0.3 is 0 Å². The van der Waals surface area contributed by atoms with Crippen LogP contribution in [0.3, 0.4) is 0 Å². The maximum atomic E-state index is 12.4. The Balaban J connectivity index is 1.91. The summed E-state index contributed by atoms with van der Waals surface area (Å²) >= 11 is 0. The number of benzene rings is 1. The van der Waals surface area contributed by atoms with Gasteiger partial charge in [0.2, 0.25) is 5.78 Å². The van der Waals surface area contributed by atoms with Crippen molar-refractivity contribution in [1.29, 1.82) is 0 Å². The van der Waals surface area contributed by atoms with Crippen LogP contribution in [0.2, 0.25) is 0 Å². The first-order chi connectivity index (χ1) is 8.79. The molecule has 3 heteroatoms. The van der Waals surface area contributed by atoms with E-state index in [0.29, 0.717) is 18.2 Å². The third kappa shape index (κ3) is 1.85. The van der Waals surface area contributed by atoms with E-state index in [1.807, 2.05) is 30.3 Å². The Labute approximate surface area is 106 Å². The van der Waals surface area contributed by atoms with Gasteiger partial charge in [-0.2, -0.15) is 0 Å². The van der Waals surface area contributed by atoms with Crippen LogP contribution in [0.4, 0.5) is 0 Å². The Morgan fingerprint density at radius 1 is 1.33 bits per heavy atom. The zero-order chi connectivity index (χ0) is 12.5. The van der Waals surface area contributed by atoms with Crippen LogP contribution in [0.1, 0.15) is 29.8 Å². The molecule has 2 atom stereocenters. The van der Waals surface area contributed by atoms with Crippen LogP contribution in [-0.2, 0) is 0 Å². The van der Waals surface area contributed by atoms with Gasteiger partial charge < -0.3 is 10.2 Å². The van der Waals surface area contributed by atoms with E-state index in [1.54, 1.807) is 0 Å². The van der Waals surface area contributed by atoms with Gasteiger partial charge in [-0.3, -0.25) is 4.79 Å². The molecule has 0 amide bonds. The molecular weight excluding hydrogens is 226 g/mol. The smallest absolute Gasteiger partial charge is 0.201 e. The number of Topliss-reactive ketones (excluding diaryl/α,β-unsaturated/α-hetero) is 1. The molecule has 2 aromatic rings. The van der Waals surface area contributed by atoms with Crippen LogP contribution in [0.15, 0.2) is 34.7 Å². The fourth-order valence-electron chi connectivity index (χ4n) is 2.95. The van der Waals surface area contributed by atoms with Crippen molar-refractivity contribution < 1.29 is 9.21 Å². The fraction of sp³-hybridized carbons (Fsp3) is 0.400. The van der Waals surface area contributed by atoms with Crippen LogP contribution in [0, 0.1) is 11.8 Å². The minimum Gasteiger partial charge on any atom is -0.453 e. The van der Waals surface area contributed by atoms with Gasteiger partial charge in [0, 0.05) is 11.3 Å². The second-order valence-electron chi connectivity index (χ2n) is 5.05. The second kappa shape index (κ2) is 4.58. The van der Waals surface area contributed by atoms with Crippen molar-refractivity contribution in [1.82, 2.24) is 0 Å². The maximum Gasteiger partial charge on any atom is 0.201 e. The number of furan rings is 1. The first kappa shape index (κ1) is 11.5. The lowest BCUT2D eigenvalue weighted by atomic mass is 9.91. The number of rotatable bonds is 3. The highest BCUT2D eigenvalue weighted by Gasteiger charge is 2.33. The van der Waals surface area contributed by atoms with E-state index < -0.39 is 0 Å². The summed E-state index contributed by atoms with van der Waals surface area (Å²) in [7, 11) is 0. The topological polar surface area (TPSA) is 56.2 Å². The lowest BCUT2D eigenvalue weighted by molar-refractivity contribution is 0.0867. The van der Waals surface area contributed by atoms with Crippen LogP contribution < -0.4 is 5.73 Å². The summed E-state index contributed by atoms with van der Waals surface area (Å²) < 4.78 is 5.64. The first-order valence-electron chi connectivity index (χ1n) is 6.52. The summed E-state index contributed by atoms with van der Waals surface area (Å²) in [5, 5.41) is 0.989. The number of hydrogen-bond donors (Lipinski definition) is 1. The number of carbonyl (C=O) groups excluding carboxylic acids is 1. The van der Waals surface area contributed by atoms with Crippen LogP contribution in [0.5, 0.6) is 0 Å². The summed E-state index contributed by atoms with van der Waals surface area (Å²) in [5.74, 6) is 0.988. The van der Waals surface area contributed by atoms with E-state index in [2.05, 4.69) is 0 Å².